The van der Waals surface area contributed by atoms with Gasteiger partial charge >= 0.3 is 0 Å². The molecule has 25 heavy (non-hydrogen) atoms. The molecule has 0 aromatic carbocycles. The number of carbonyl (C=O) groups excluding carboxylic acids is 1. The lowest BCUT2D eigenvalue weighted by atomic mass is 9.84. The first-order chi connectivity index (χ1) is 11.9. The lowest BCUT2D eigenvalue weighted by Gasteiger charge is -2.47. The molecule has 0 aromatic rings. The molecule has 0 spiro atoms. The molecule has 0 radical (unpaired) electrons. The van der Waals surface area contributed by atoms with E-state index in [0.29, 0.717) is 19.5 Å². The molecule has 3 aliphatic rings. The standard InChI is InChI=1S/C18H31N3O3S/c1-19(2)25(23,24)20-12-10-17-16(14-20)9-6-11-21(17)18(22)13-15-7-4-3-5-8-15/h7,16-17H,3-6,8-14H2,1-2H3/t16-,17+/m1/s1. The van der Waals surface area contributed by atoms with Crippen molar-refractivity contribution in [1.82, 2.24) is 13.5 Å². The number of amides is 1. The molecule has 3 rings (SSSR count). The van der Waals surface area contributed by atoms with Crippen LogP contribution < -0.4 is 0 Å². The maximum absolute atomic E-state index is 12.9. The van der Waals surface area contributed by atoms with Crippen LogP contribution in [0.1, 0.15) is 51.4 Å². The highest BCUT2D eigenvalue weighted by Gasteiger charge is 2.41. The number of hydrogen-bond acceptors (Lipinski definition) is 3. The Morgan fingerprint density at radius 1 is 1.20 bits per heavy atom. The molecule has 0 aromatic heterocycles. The van der Waals surface area contributed by atoms with Crippen LogP contribution >= 0.6 is 0 Å². The first kappa shape index (κ1) is 18.9. The van der Waals surface area contributed by atoms with Crippen LogP contribution in [0, 0.1) is 5.92 Å². The first-order valence-electron chi connectivity index (χ1n) is 9.54. The number of carbonyl (C=O) groups is 1. The molecule has 7 heteroatoms. The van der Waals surface area contributed by atoms with Gasteiger partial charge in [0.05, 0.1) is 0 Å². The van der Waals surface area contributed by atoms with Crippen LogP contribution in [-0.4, -0.2) is 67.6 Å². The van der Waals surface area contributed by atoms with E-state index in [2.05, 4.69) is 11.0 Å². The summed E-state index contributed by atoms with van der Waals surface area (Å²) in [6, 6.07) is 0.207. The van der Waals surface area contributed by atoms with Crippen molar-refractivity contribution in [2.45, 2.75) is 57.4 Å². The molecule has 2 saturated heterocycles. The Kier molecular flexibility index (Phi) is 5.85. The second-order valence-corrected chi connectivity index (χ2v) is 9.92. The second-order valence-electron chi connectivity index (χ2n) is 7.78. The van der Waals surface area contributed by atoms with Crippen molar-refractivity contribution in [1.29, 1.82) is 0 Å². The van der Waals surface area contributed by atoms with Crippen molar-refractivity contribution in [3.63, 3.8) is 0 Å². The van der Waals surface area contributed by atoms with Crippen molar-refractivity contribution in [2.75, 3.05) is 33.7 Å². The van der Waals surface area contributed by atoms with Gasteiger partial charge in [0.25, 0.3) is 10.2 Å². The van der Waals surface area contributed by atoms with E-state index in [1.54, 1.807) is 18.4 Å². The van der Waals surface area contributed by atoms with Crippen LogP contribution in [0.2, 0.25) is 0 Å². The summed E-state index contributed by atoms with van der Waals surface area (Å²) in [6.45, 7) is 1.87. The molecule has 2 atom stereocenters. The predicted molar refractivity (Wildman–Crippen MR) is 98.2 cm³/mol. The minimum absolute atomic E-state index is 0.207. The van der Waals surface area contributed by atoms with Gasteiger partial charge < -0.3 is 4.90 Å². The fourth-order valence-corrected chi connectivity index (χ4v) is 5.66. The van der Waals surface area contributed by atoms with E-state index in [9.17, 15) is 13.2 Å². The molecule has 2 fully saturated rings. The summed E-state index contributed by atoms with van der Waals surface area (Å²) >= 11 is 0. The molecule has 1 aliphatic carbocycles. The summed E-state index contributed by atoms with van der Waals surface area (Å²) in [4.78, 5) is 14.9. The predicted octanol–water partition coefficient (Wildman–Crippen LogP) is 2.00. The van der Waals surface area contributed by atoms with E-state index in [-0.39, 0.29) is 17.9 Å². The van der Waals surface area contributed by atoms with E-state index < -0.39 is 10.2 Å². The summed E-state index contributed by atoms with van der Waals surface area (Å²) in [5, 5.41) is 0. The highest BCUT2D eigenvalue weighted by Crippen LogP contribution is 2.33. The van der Waals surface area contributed by atoms with Crippen LogP contribution in [0.5, 0.6) is 0 Å². The largest absolute Gasteiger partial charge is 0.339 e. The average molecular weight is 370 g/mol. The third-order valence-corrected chi connectivity index (χ3v) is 7.81. The monoisotopic (exact) mass is 369 g/mol. The van der Waals surface area contributed by atoms with Gasteiger partial charge in [-0.1, -0.05) is 11.6 Å². The Hall–Kier alpha value is -0.920. The molecule has 2 aliphatic heterocycles. The van der Waals surface area contributed by atoms with E-state index in [1.807, 2.05) is 0 Å². The fourth-order valence-electron chi connectivity index (χ4n) is 4.48. The van der Waals surface area contributed by atoms with Crippen LogP contribution in [0.15, 0.2) is 11.6 Å². The lowest BCUT2D eigenvalue weighted by molar-refractivity contribution is -0.137. The SMILES string of the molecule is CN(C)S(=O)(=O)N1CC[C@H]2[C@H](CCCN2C(=O)CC2=CCCCC2)C1. The van der Waals surface area contributed by atoms with Gasteiger partial charge in [-0.25, -0.2) is 0 Å². The molecule has 0 unspecified atom stereocenters. The minimum atomic E-state index is -3.36. The zero-order valence-electron chi connectivity index (χ0n) is 15.5. The second kappa shape index (κ2) is 7.76. The highest BCUT2D eigenvalue weighted by molar-refractivity contribution is 7.86. The quantitative estimate of drug-likeness (QED) is 0.712. The Morgan fingerprint density at radius 2 is 2.00 bits per heavy atom. The van der Waals surface area contributed by atoms with E-state index in [1.165, 1.54) is 22.7 Å². The molecule has 0 N–H and O–H groups in total. The average Bonchev–Trinajstić information content (AvgIpc) is 2.61. The number of allylic oxidation sites excluding steroid dienone is 1. The fraction of sp³-hybridized carbons (Fsp3) is 0.833. The van der Waals surface area contributed by atoms with Gasteiger partial charge in [0.15, 0.2) is 0 Å². The summed E-state index contributed by atoms with van der Waals surface area (Å²) in [5.74, 6) is 0.508. The zero-order valence-corrected chi connectivity index (χ0v) is 16.3. The minimum Gasteiger partial charge on any atom is -0.339 e. The Balaban J connectivity index is 1.65. The Labute approximate surface area is 152 Å². The van der Waals surface area contributed by atoms with Crippen LogP contribution in [0.4, 0.5) is 0 Å². The molecule has 6 nitrogen and oxygen atoms in total. The summed E-state index contributed by atoms with van der Waals surface area (Å²) in [7, 11) is -0.198. The van der Waals surface area contributed by atoms with E-state index in [4.69, 9.17) is 0 Å². The third kappa shape index (κ3) is 4.09. The van der Waals surface area contributed by atoms with Crippen LogP contribution in [0.25, 0.3) is 0 Å². The number of fused-ring (bicyclic) bond motifs is 1. The lowest BCUT2D eigenvalue weighted by Crippen LogP contribution is -2.57. The maximum Gasteiger partial charge on any atom is 0.281 e. The van der Waals surface area contributed by atoms with Gasteiger partial charge in [-0.15, -0.1) is 0 Å². The van der Waals surface area contributed by atoms with Gasteiger partial charge in [-0.05, 0) is 50.9 Å². The topological polar surface area (TPSA) is 60.9 Å². The van der Waals surface area contributed by atoms with E-state index in [0.717, 1.165) is 38.6 Å². The van der Waals surface area contributed by atoms with Gasteiger partial charge in [-0.2, -0.15) is 17.0 Å². The number of nitrogens with zero attached hydrogens (tertiary/aromatic N) is 3. The van der Waals surface area contributed by atoms with Gasteiger partial charge in [0.2, 0.25) is 5.91 Å². The molecule has 0 bridgehead atoms. The van der Waals surface area contributed by atoms with Crippen molar-refractivity contribution in [2.24, 2.45) is 5.92 Å². The van der Waals surface area contributed by atoms with Crippen molar-refractivity contribution >= 4 is 16.1 Å². The Bertz CT molecular complexity index is 629. The van der Waals surface area contributed by atoms with Crippen LogP contribution in [0.3, 0.4) is 0 Å². The number of rotatable bonds is 4. The van der Waals surface area contributed by atoms with Crippen molar-refractivity contribution < 1.29 is 13.2 Å². The van der Waals surface area contributed by atoms with Crippen LogP contribution in [-0.2, 0) is 15.0 Å². The van der Waals surface area contributed by atoms with Gasteiger partial charge in [0, 0.05) is 46.2 Å². The molecule has 0 saturated carbocycles. The van der Waals surface area contributed by atoms with Crippen molar-refractivity contribution in [3.05, 3.63) is 11.6 Å². The third-order valence-electron chi connectivity index (χ3n) is 5.90. The number of piperidine rings is 2. The smallest absolute Gasteiger partial charge is 0.281 e. The maximum atomic E-state index is 12.9. The summed E-state index contributed by atoms with van der Waals surface area (Å²) in [6.07, 6.45) is 10.1. The molecular formula is C18H31N3O3S. The molecule has 2 heterocycles. The van der Waals surface area contributed by atoms with Crippen molar-refractivity contribution in [3.8, 4) is 0 Å². The molecular weight excluding hydrogens is 338 g/mol. The van der Waals surface area contributed by atoms with Gasteiger partial charge in [0.1, 0.15) is 0 Å². The number of likely N-dealkylation sites (tertiary alicyclic amines) is 1. The summed E-state index contributed by atoms with van der Waals surface area (Å²) in [5.41, 5.74) is 1.30. The Morgan fingerprint density at radius 3 is 2.68 bits per heavy atom. The highest BCUT2D eigenvalue weighted by atomic mass is 32.2. The molecule has 142 valence electrons. The first-order valence-corrected chi connectivity index (χ1v) is 10.9. The van der Waals surface area contributed by atoms with E-state index >= 15 is 0 Å². The zero-order chi connectivity index (χ0) is 18.0. The van der Waals surface area contributed by atoms with Gasteiger partial charge in [-0.3, -0.25) is 4.79 Å². The number of hydrogen-bond donors (Lipinski definition) is 0. The molecule has 1 amide bonds. The normalized spacial score (nSPS) is 28.6. The summed E-state index contributed by atoms with van der Waals surface area (Å²) < 4.78 is 27.7.